The lowest BCUT2D eigenvalue weighted by Crippen LogP contribution is -2.14. The number of nitrogens with zero attached hydrogens (tertiary/aromatic N) is 2. The van der Waals surface area contributed by atoms with E-state index in [9.17, 15) is 0 Å². The Morgan fingerprint density at radius 2 is 1.91 bits per heavy atom. The van der Waals surface area contributed by atoms with Crippen molar-refractivity contribution in [2.24, 2.45) is 4.99 Å². The lowest BCUT2D eigenvalue weighted by atomic mass is 9.97. The molecule has 1 aliphatic carbocycles. The number of thioether (sulfide) groups is 1. The second-order valence-electron chi connectivity index (χ2n) is 6.17. The minimum absolute atomic E-state index is 0.479. The van der Waals surface area contributed by atoms with Crippen molar-refractivity contribution in [3.05, 3.63) is 36.5 Å². The van der Waals surface area contributed by atoms with E-state index in [1.54, 1.807) is 11.8 Å². The molecule has 1 aromatic heterocycles. The van der Waals surface area contributed by atoms with E-state index in [0.717, 1.165) is 21.8 Å². The molecule has 4 heteroatoms. The maximum absolute atomic E-state index is 4.98. The summed E-state index contributed by atoms with van der Waals surface area (Å²) in [5, 5.41) is 5.67. The van der Waals surface area contributed by atoms with Crippen LogP contribution in [0.15, 0.2) is 41.5 Å². The van der Waals surface area contributed by atoms with Gasteiger partial charge in [0.1, 0.15) is 0 Å². The van der Waals surface area contributed by atoms with Crippen molar-refractivity contribution >= 4 is 33.5 Å². The first-order valence-electron chi connectivity index (χ1n) is 8.59. The molecule has 1 saturated carbocycles. The van der Waals surface area contributed by atoms with Crippen molar-refractivity contribution in [1.29, 1.82) is 0 Å². The van der Waals surface area contributed by atoms with Crippen LogP contribution in [0.2, 0.25) is 0 Å². The number of rotatable bonds is 2. The number of anilines is 1. The maximum Gasteiger partial charge on any atom is 0.161 e. The largest absolute Gasteiger partial charge is 0.335 e. The van der Waals surface area contributed by atoms with Crippen LogP contribution in [0.25, 0.3) is 10.9 Å². The highest BCUT2D eigenvalue weighted by atomic mass is 32.2. The first-order chi connectivity index (χ1) is 11.3. The fourth-order valence-electron chi connectivity index (χ4n) is 3.14. The third-order valence-electron chi connectivity index (χ3n) is 4.42. The molecule has 0 atom stereocenters. The Labute approximate surface area is 143 Å². The lowest BCUT2D eigenvalue weighted by Gasteiger charge is -2.18. The highest BCUT2D eigenvalue weighted by Gasteiger charge is 2.11. The average molecular weight is 327 g/mol. The predicted octanol–water partition coefficient (Wildman–Crippen LogP) is 5.48. The van der Waals surface area contributed by atoms with Crippen LogP contribution in [0.3, 0.4) is 0 Å². The van der Waals surface area contributed by atoms with Gasteiger partial charge in [-0.15, -0.1) is 0 Å². The number of pyridine rings is 1. The van der Waals surface area contributed by atoms with Gasteiger partial charge in [-0.25, -0.2) is 0 Å². The van der Waals surface area contributed by atoms with Gasteiger partial charge in [-0.3, -0.25) is 9.98 Å². The number of nitrogens with one attached hydrogen (secondary N) is 1. The third-order valence-corrected chi connectivity index (χ3v) is 5.02. The molecule has 122 valence electrons. The van der Waals surface area contributed by atoms with E-state index in [4.69, 9.17) is 4.99 Å². The Bertz CT molecular complexity index is 660. The van der Waals surface area contributed by atoms with Crippen molar-refractivity contribution in [3.8, 4) is 0 Å². The fourth-order valence-corrected chi connectivity index (χ4v) is 3.62. The second-order valence-corrected chi connectivity index (χ2v) is 6.97. The molecule has 3 rings (SSSR count). The van der Waals surface area contributed by atoms with Gasteiger partial charge in [0.25, 0.3) is 0 Å². The number of amidine groups is 1. The summed E-state index contributed by atoms with van der Waals surface area (Å²) in [5.74, 6) is 0. The highest BCUT2D eigenvalue weighted by Crippen LogP contribution is 2.22. The Kier molecular flexibility index (Phi) is 5.92. The van der Waals surface area contributed by atoms with E-state index in [1.165, 1.54) is 44.9 Å². The fraction of sp³-hybridized carbons (Fsp3) is 0.474. The van der Waals surface area contributed by atoms with Crippen LogP contribution in [0.4, 0.5) is 5.69 Å². The van der Waals surface area contributed by atoms with E-state index < -0.39 is 0 Å². The first-order valence-corrected chi connectivity index (χ1v) is 9.81. The average Bonchev–Trinajstić information content (AvgIpc) is 2.56. The SMILES string of the molecule is CSC(=NC1CCCCCCC1)Nc1ccc2ncccc2c1. The zero-order valence-corrected chi connectivity index (χ0v) is 14.6. The van der Waals surface area contributed by atoms with Gasteiger partial charge in [-0.05, 0) is 43.4 Å². The Morgan fingerprint density at radius 3 is 2.70 bits per heavy atom. The lowest BCUT2D eigenvalue weighted by molar-refractivity contribution is 0.456. The van der Waals surface area contributed by atoms with E-state index in [2.05, 4.69) is 40.8 Å². The predicted molar refractivity (Wildman–Crippen MR) is 102 cm³/mol. The Hall–Kier alpha value is -1.55. The van der Waals surface area contributed by atoms with E-state index in [1.807, 2.05) is 12.3 Å². The standard InChI is InChI=1S/C19H25N3S/c1-23-19(21-16-9-5-3-2-4-6-10-16)22-17-11-12-18-15(14-17)8-7-13-20-18/h7-8,11-14,16H,2-6,9-10H2,1H3,(H,21,22). The molecular weight excluding hydrogens is 302 g/mol. The minimum atomic E-state index is 0.479. The Balaban J connectivity index is 1.72. The van der Waals surface area contributed by atoms with Gasteiger partial charge in [0.15, 0.2) is 5.17 Å². The van der Waals surface area contributed by atoms with E-state index in [0.29, 0.717) is 6.04 Å². The highest BCUT2D eigenvalue weighted by molar-refractivity contribution is 8.13. The topological polar surface area (TPSA) is 37.3 Å². The quantitative estimate of drug-likeness (QED) is 0.586. The molecule has 1 heterocycles. The first kappa shape index (κ1) is 16.3. The third kappa shape index (κ3) is 4.71. The van der Waals surface area contributed by atoms with Gasteiger partial charge in [-0.2, -0.15) is 0 Å². The molecular formula is C19H25N3S. The van der Waals surface area contributed by atoms with Crippen LogP contribution < -0.4 is 5.32 Å². The molecule has 0 spiro atoms. The normalized spacial score (nSPS) is 17.7. The molecule has 1 aromatic carbocycles. The summed E-state index contributed by atoms with van der Waals surface area (Å²) in [5.41, 5.74) is 2.12. The molecule has 0 unspecified atom stereocenters. The number of aliphatic imine (C=N–C) groups is 1. The monoisotopic (exact) mass is 327 g/mol. The molecule has 0 bridgehead atoms. The number of benzene rings is 1. The van der Waals surface area contributed by atoms with E-state index in [-0.39, 0.29) is 0 Å². The number of aromatic nitrogens is 1. The van der Waals surface area contributed by atoms with Gasteiger partial charge in [0.05, 0.1) is 11.6 Å². The smallest absolute Gasteiger partial charge is 0.161 e. The van der Waals surface area contributed by atoms with Crippen molar-refractivity contribution in [3.63, 3.8) is 0 Å². The number of hydrogen-bond acceptors (Lipinski definition) is 3. The van der Waals surface area contributed by atoms with Crippen molar-refractivity contribution in [2.45, 2.75) is 51.0 Å². The summed E-state index contributed by atoms with van der Waals surface area (Å²) < 4.78 is 0. The van der Waals surface area contributed by atoms with Crippen LogP contribution in [0, 0.1) is 0 Å². The van der Waals surface area contributed by atoms with Crippen molar-refractivity contribution < 1.29 is 0 Å². The zero-order chi connectivity index (χ0) is 15.9. The summed E-state index contributed by atoms with van der Waals surface area (Å²) >= 11 is 1.70. The van der Waals surface area contributed by atoms with Crippen LogP contribution in [0.1, 0.15) is 44.9 Å². The van der Waals surface area contributed by atoms with Gasteiger partial charge in [0, 0.05) is 17.3 Å². The summed E-state index contributed by atoms with van der Waals surface area (Å²) in [4.78, 5) is 9.36. The molecule has 23 heavy (non-hydrogen) atoms. The minimum Gasteiger partial charge on any atom is -0.335 e. The molecule has 1 fully saturated rings. The molecule has 0 radical (unpaired) electrons. The van der Waals surface area contributed by atoms with Crippen LogP contribution in [-0.2, 0) is 0 Å². The van der Waals surface area contributed by atoms with Gasteiger partial charge in [0.2, 0.25) is 0 Å². The molecule has 0 amide bonds. The molecule has 1 N–H and O–H groups in total. The Morgan fingerprint density at radius 1 is 1.13 bits per heavy atom. The summed E-state index contributed by atoms with van der Waals surface area (Å²) in [7, 11) is 0. The maximum atomic E-state index is 4.98. The van der Waals surface area contributed by atoms with Crippen LogP contribution in [-0.4, -0.2) is 22.4 Å². The second kappa shape index (κ2) is 8.34. The molecule has 1 aliphatic rings. The number of hydrogen-bond donors (Lipinski definition) is 1. The van der Waals surface area contributed by atoms with Crippen LogP contribution in [0.5, 0.6) is 0 Å². The van der Waals surface area contributed by atoms with Gasteiger partial charge in [-0.1, -0.05) is 49.9 Å². The zero-order valence-electron chi connectivity index (χ0n) is 13.8. The summed E-state index contributed by atoms with van der Waals surface area (Å²) in [6.07, 6.45) is 13.2. The molecule has 3 nitrogen and oxygen atoms in total. The van der Waals surface area contributed by atoms with E-state index >= 15 is 0 Å². The van der Waals surface area contributed by atoms with Gasteiger partial charge >= 0.3 is 0 Å². The molecule has 0 aliphatic heterocycles. The molecule has 2 aromatic rings. The van der Waals surface area contributed by atoms with Crippen LogP contribution >= 0.6 is 11.8 Å². The van der Waals surface area contributed by atoms with Crippen molar-refractivity contribution in [1.82, 2.24) is 4.98 Å². The van der Waals surface area contributed by atoms with Crippen molar-refractivity contribution in [2.75, 3.05) is 11.6 Å². The summed E-state index contributed by atoms with van der Waals surface area (Å²) in [6, 6.07) is 10.8. The summed E-state index contributed by atoms with van der Waals surface area (Å²) in [6.45, 7) is 0. The molecule has 0 saturated heterocycles. The van der Waals surface area contributed by atoms with Gasteiger partial charge < -0.3 is 5.32 Å². The number of fused-ring (bicyclic) bond motifs is 1.